The first-order valence-corrected chi connectivity index (χ1v) is 9.18. The van der Waals surface area contributed by atoms with Gasteiger partial charge in [-0.1, -0.05) is 16.8 Å². The van der Waals surface area contributed by atoms with Gasteiger partial charge in [-0.25, -0.2) is 0 Å². The molecular formula is C20H15ClF3N3O2. The lowest BCUT2D eigenvalue weighted by Crippen LogP contribution is -2.24. The number of nitrogens with zero attached hydrogens (tertiary/aromatic N) is 3. The van der Waals surface area contributed by atoms with E-state index < -0.39 is 11.7 Å². The molecule has 0 saturated carbocycles. The number of amides is 1. The first-order chi connectivity index (χ1) is 13.7. The molecule has 2 aromatic carbocycles. The molecule has 0 aliphatic carbocycles. The molecule has 2 heterocycles. The topological polar surface area (TPSA) is 59.2 Å². The van der Waals surface area contributed by atoms with E-state index >= 15 is 0 Å². The van der Waals surface area contributed by atoms with Crippen LogP contribution in [0.2, 0.25) is 5.02 Å². The minimum atomic E-state index is -4.41. The SMILES string of the molecule is Cc1cc(N2CC(c3noc(-c4ccc(C(F)(F)F)cc4)n3)CC2=O)ccc1Cl. The van der Waals surface area contributed by atoms with Gasteiger partial charge < -0.3 is 9.42 Å². The van der Waals surface area contributed by atoms with Gasteiger partial charge in [0.05, 0.1) is 5.56 Å². The first kappa shape index (κ1) is 19.4. The number of halogens is 4. The number of aryl methyl sites for hydroxylation is 1. The number of hydrogen-bond donors (Lipinski definition) is 0. The average Bonchev–Trinajstić information content (AvgIpc) is 3.30. The Bertz CT molecular complexity index is 1060. The number of benzene rings is 2. The van der Waals surface area contributed by atoms with Crippen LogP contribution in [0.15, 0.2) is 47.0 Å². The normalized spacial score (nSPS) is 17.2. The van der Waals surface area contributed by atoms with E-state index in [1.54, 1.807) is 17.0 Å². The molecule has 0 bridgehead atoms. The number of anilines is 1. The Morgan fingerprint density at radius 2 is 1.90 bits per heavy atom. The second-order valence-corrected chi connectivity index (χ2v) is 7.28. The minimum absolute atomic E-state index is 0.0717. The van der Waals surface area contributed by atoms with Gasteiger partial charge in [0.1, 0.15) is 0 Å². The molecule has 0 radical (unpaired) electrons. The van der Waals surface area contributed by atoms with Crippen molar-refractivity contribution >= 4 is 23.2 Å². The summed E-state index contributed by atoms with van der Waals surface area (Å²) in [5.41, 5.74) is 1.23. The zero-order valence-corrected chi connectivity index (χ0v) is 16.0. The van der Waals surface area contributed by atoms with Gasteiger partial charge >= 0.3 is 6.18 Å². The van der Waals surface area contributed by atoms with Crippen LogP contribution in [0.3, 0.4) is 0 Å². The van der Waals surface area contributed by atoms with E-state index in [9.17, 15) is 18.0 Å². The molecule has 1 amide bonds. The van der Waals surface area contributed by atoms with Crippen LogP contribution in [0.5, 0.6) is 0 Å². The fraction of sp³-hybridized carbons (Fsp3) is 0.250. The summed E-state index contributed by atoms with van der Waals surface area (Å²) in [7, 11) is 0. The van der Waals surface area contributed by atoms with Crippen LogP contribution in [0.4, 0.5) is 18.9 Å². The standard InChI is InChI=1S/C20H15ClF3N3O2/c1-11-8-15(6-7-16(11)21)27-10-13(9-17(27)28)18-25-19(29-26-18)12-2-4-14(5-3-12)20(22,23)24/h2-8,13H,9-10H2,1H3. The van der Waals surface area contributed by atoms with Crippen LogP contribution in [0.25, 0.3) is 11.5 Å². The van der Waals surface area contributed by atoms with Gasteiger partial charge in [-0.15, -0.1) is 0 Å². The van der Waals surface area contributed by atoms with Crippen molar-refractivity contribution in [3.8, 4) is 11.5 Å². The van der Waals surface area contributed by atoms with Gasteiger partial charge in [0.25, 0.3) is 5.89 Å². The van der Waals surface area contributed by atoms with Crippen molar-refractivity contribution in [3.05, 3.63) is 64.4 Å². The smallest absolute Gasteiger partial charge is 0.334 e. The maximum absolute atomic E-state index is 12.7. The van der Waals surface area contributed by atoms with E-state index in [0.29, 0.717) is 23.0 Å². The average molecular weight is 422 g/mol. The van der Waals surface area contributed by atoms with Crippen molar-refractivity contribution in [2.75, 3.05) is 11.4 Å². The van der Waals surface area contributed by atoms with Gasteiger partial charge in [0.15, 0.2) is 5.82 Å². The van der Waals surface area contributed by atoms with Gasteiger partial charge in [-0.3, -0.25) is 4.79 Å². The van der Waals surface area contributed by atoms with E-state index in [1.807, 2.05) is 13.0 Å². The summed E-state index contributed by atoms with van der Waals surface area (Å²) in [6.07, 6.45) is -4.19. The maximum Gasteiger partial charge on any atom is 0.416 e. The highest BCUT2D eigenvalue weighted by molar-refractivity contribution is 6.31. The molecule has 1 unspecified atom stereocenters. The molecule has 1 aromatic heterocycles. The Morgan fingerprint density at radius 3 is 2.55 bits per heavy atom. The first-order valence-electron chi connectivity index (χ1n) is 8.80. The zero-order chi connectivity index (χ0) is 20.8. The van der Waals surface area contributed by atoms with Crippen LogP contribution in [-0.4, -0.2) is 22.6 Å². The summed E-state index contributed by atoms with van der Waals surface area (Å²) >= 11 is 6.05. The third-order valence-electron chi connectivity index (χ3n) is 4.84. The van der Waals surface area contributed by atoms with Crippen LogP contribution in [-0.2, 0) is 11.0 Å². The monoisotopic (exact) mass is 421 g/mol. The van der Waals surface area contributed by atoms with Crippen molar-refractivity contribution in [3.63, 3.8) is 0 Å². The number of rotatable bonds is 3. The molecule has 0 N–H and O–H groups in total. The molecule has 1 aliphatic rings. The Hall–Kier alpha value is -2.87. The number of alkyl halides is 3. The summed E-state index contributed by atoms with van der Waals surface area (Å²) in [5.74, 6) is 0.117. The summed E-state index contributed by atoms with van der Waals surface area (Å²) in [6.45, 7) is 2.24. The molecule has 29 heavy (non-hydrogen) atoms. The van der Waals surface area contributed by atoms with Gasteiger partial charge in [-0.2, -0.15) is 18.2 Å². The van der Waals surface area contributed by atoms with Crippen LogP contribution >= 0.6 is 11.6 Å². The summed E-state index contributed by atoms with van der Waals surface area (Å²) in [4.78, 5) is 18.4. The molecule has 3 aromatic rings. The molecule has 0 spiro atoms. The van der Waals surface area contributed by atoms with E-state index in [2.05, 4.69) is 10.1 Å². The summed E-state index contributed by atoms with van der Waals surface area (Å²) in [6, 6.07) is 9.84. The Morgan fingerprint density at radius 1 is 1.17 bits per heavy atom. The van der Waals surface area contributed by atoms with Crippen molar-refractivity contribution in [1.82, 2.24) is 10.1 Å². The van der Waals surface area contributed by atoms with Crippen molar-refractivity contribution in [2.45, 2.75) is 25.4 Å². The minimum Gasteiger partial charge on any atom is -0.334 e. The number of carbonyl (C=O) groups excluding carboxylic acids is 1. The second-order valence-electron chi connectivity index (χ2n) is 6.87. The lowest BCUT2D eigenvalue weighted by molar-refractivity contribution is -0.137. The predicted molar refractivity (Wildman–Crippen MR) is 101 cm³/mol. The lowest BCUT2D eigenvalue weighted by Gasteiger charge is -2.17. The maximum atomic E-state index is 12.7. The van der Waals surface area contributed by atoms with E-state index in [1.165, 1.54) is 12.1 Å². The number of aromatic nitrogens is 2. The van der Waals surface area contributed by atoms with Gasteiger partial charge in [-0.05, 0) is 55.0 Å². The molecule has 1 saturated heterocycles. The summed E-state index contributed by atoms with van der Waals surface area (Å²) in [5, 5.41) is 4.55. The third-order valence-corrected chi connectivity index (χ3v) is 5.27. The molecule has 1 fully saturated rings. The van der Waals surface area contributed by atoms with Gasteiger partial charge in [0, 0.05) is 35.2 Å². The quantitative estimate of drug-likeness (QED) is 0.580. The number of carbonyl (C=O) groups is 1. The zero-order valence-electron chi connectivity index (χ0n) is 15.2. The molecular weight excluding hydrogens is 407 g/mol. The molecule has 1 atom stereocenters. The highest BCUT2D eigenvalue weighted by Crippen LogP contribution is 2.34. The lowest BCUT2D eigenvalue weighted by atomic mass is 10.1. The molecule has 5 nitrogen and oxygen atoms in total. The van der Waals surface area contributed by atoms with E-state index in [0.717, 1.165) is 23.4 Å². The third kappa shape index (κ3) is 3.85. The molecule has 150 valence electrons. The Labute approximate surface area is 169 Å². The van der Waals surface area contributed by atoms with Crippen molar-refractivity contribution < 1.29 is 22.5 Å². The predicted octanol–water partition coefficient (Wildman–Crippen LogP) is 5.24. The summed E-state index contributed by atoms with van der Waals surface area (Å²) < 4.78 is 43.3. The van der Waals surface area contributed by atoms with Crippen molar-refractivity contribution in [2.24, 2.45) is 0 Å². The van der Waals surface area contributed by atoms with E-state index in [4.69, 9.17) is 16.1 Å². The highest BCUT2D eigenvalue weighted by Gasteiger charge is 2.35. The van der Waals surface area contributed by atoms with Gasteiger partial charge in [0.2, 0.25) is 5.91 Å². The fourth-order valence-corrected chi connectivity index (χ4v) is 3.36. The molecule has 4 rings (SSSR count). The fourth-order valence-electron chi connectivity index (χ4n) is 3.25. The van der Waals surface area contributed by atoms with E-state index in [-0.39, 0.29) is 24.1 Å². The van der Waals surface area contributed by atoms with Crippen molar-refractivity contribution in [1.29, 1.82) is 0 Å². The molecule has 9 heteroatoms. The largest absolute Gasteiger partial charge is 0.416 e. The van der Waals surface area contributed by atoms with Crippen LogP contribution in [0, 0.1) is 6.92 Å². The Kier molecular flexibility index (Phi) is 4.82. The van der Waals surface area contributed by atoms with Crippen LogP contribution < -0.4 is 4.90 Å². The van der Waals surface area contributed by atoms with Crippen LogP contribution in [0.1, 0.15) is 29.3 Å². The highest BCUT2D eigenvalue weighted by atomic mass is 35.5. The Balaban J connectivity index is 1.52. The molecule has 1 aliphatic heterocycles. The number of hydrogen-bond acceptors (Lipinski definition) is 4. The second kappa shape index (κ2) is 7.18.